The summed E-state index contributed by atoms with van der Waals surface area (Å²) in [7, 11) is 0. The van der Waals surface area contributed by atoms with E-state index in [1.165, 1.54) is 17.9 Å². The van der Waals surface area contributed by atoms with Crippen LogP contribution in [0.5, 0.6) is 5.75 Å². The number of benzene rings is 3. The first-order chi connectivity index (χ1) is 12.6. The van der Waals surface area contributed by atoms with E-state index in [4.69, 9.17) is 9.15 Å². The predicted molar refractivity (Wildman–Crippen MR) is 97.1 cm³/mol. The third-order valence-electron chi connectivity index (χ3n) is 4.28. The van der Waals surface area contributed by atoms with Gasteiger partial charge in [-0.3, -0.25) is 0 Å². The molecule has 0 aliphatic heterocycles. The molecule has 0 radical (unpaired) electrons. The minimum absolute atomic E-state index is 0.139. The Balaban J connectivity index is 1.58. The summed E-state index contributed by atoms with van der Waals surface area (Å²) in [4.78, 5) is 0. The monoisotopic (exact) mass is 350 g/mol. The lowest BCUT2D eigenvalue weighted by atomic mass is 10.0. The van der Waals surface area contributed by atoms with Crippen LogP contribution >= 0.6 is 0 Å². The van der Waals surface area contributed by atoms with E-state index in [1.54, 1.807) is 24.3 Å². The topological polar surface area (TPSA) is 22.4 Å². The maximum Gasteiger partial charge on any atom is 0.169 e. The Labute approximate surface area is 149 Å². The average Bonchev–Trinajstić information content (AvgIpc) is 3.14. The predicted octanol–water partition coefficient (Wildman–Crippen LogP) is 6.27. The van der Waals surface area contributed by atoms with Crippen LogP contribution in [0.15, 0.2) is 71.3 Å². The quantitative estimate of drug-likeness (QED) is 0.433. The van der Waals surface area contributed by atoms with Gasteiger partial charge in [0.2, 0.25) is 0 Å². The molecule has 0 aliphatic carbocycles. The molecule has 4 heteroatoms. The molecule has 1 heterocycles. The van der Waals surface area contributed by atoms with E-state index < -0.39 is 11.6 Å². The van der Waals surface area contributed by atoms with Gasteiger partial charge >= 0.3 is 0 Å². The molecule has 0 spiro atoms. The number of fused-ring (bicyclic) bond motifs is 1. The summed E-state index contributed by atoms with van der Waals surface area (Å²) < 4.78 is 38.8. The fourth-order valence-corrected chi connectivity index (χ4v) is 2.99. The van der Waals surface area contributed by atoms with E-state index in [-0.39, 0.29) is 5.39 Å². The van der Waals surface area contributed by atoms with Gasteiger partial charge in [-0.2, -0.15) is 0 Å². The second-order valence-electron chi connectivity index (χ2n) is 6.19. The van der Waals surface area contributed by atoms with Crippen molar-refractivity contribution in [1.29, 1.82) is 0 Å². The highest BCUT2D eigenvalue weighted by molar-refractivity contribution is 5.93. The van der Waals surface area contributed by atoms with Crippen LogP contribution in [0.3, 0.4) is 0 Å². The molecule has 0 bridgehead atoms. The van der Waals surface area contributed by atoms with Gasteiger partial charge < -0.3 is 9.15 Å². The highest BCUT2D eigenvalue weighted by atomic mass is 19.2. The summed E-state index contributed by atoms with van der Waals surface area (Å²) in [6.07, 6.45) is 1.36. The lowest BCUT2D eigenvalue weighted by molar-refractivity contribution is 0.306. The molecule has 3 aromatic carbocycles. The Bertz CT molecular complexity index is 1070. The third-order valence-corrected chi connectivity index (χ3v) is 4.28. The first-order valence-electron chi connectivity index (χ1n) is 8.26. The number of halogens is 2. The molecule has 0 saturated carbocycles. The molecule has 0 N–H and O–H groups in total. The second-order valence-corrected chi connectivity index (χ2v) is 6.19. The zero-order valence-electron chi connectivity index (χ0n) is 14.1. The van der Waals surface area contributed by atoms with Crippen molar-refractivity contribution in [3.63, 3.8) is 0 Å². The number of hydrogen-bond donors (Lipinski definition) is 0. The van der Waals surface area contributed by atoms with Crippen molar-refractivity contribution in [2.45, 2.75) is 13.5 Å². The van der Waals surface area contributed by atoms with Crippen molar-refractivity contribution in [2.24, 2.45) is 0 Å². The maximum atomic E-state index is 13.9. The molecule has 1 aromatic heterocycles. The highest BCUT2D eigenvalue weighted by Gasteiger charge is 2.15. The van der Waals surface area contributed by atoms with Gasteiger partial charge in [0.15, 0.2) is 11.6 Å². The van der Waals surface area contributed by atoms with E-state index in [0.29, 0.717) is 23.5 Å². The summed E-state index contributed by atoms with van der Waals surface area (Å²) in [5.41, 5.74) is 3.84. The average molecular weight is 350 g/mol. The minimum atomic E-state index is -0.895. The fourth-order valence-electron chi connectivity index (χ4n) is 2.99. The van der Waals surface area contributed by atoms with Crippen LogP contribution in [0.4, 0.5) is 8.78 Å². The SMILES string of the molecule is Cc1cccc(COc2ccc(-c3cc(F)c(F)c4ccoc34)cc2)c1. The highest BCUT2D eigenvalue weighted by Crippen LogP contribution is 2.33. The Morgan fingerprint density at radius 3 is 2.54 bits per heavy atom. The maximum absolute atomic E-state index is 13.9. The van der Waals surface area contributed by atoms with Gasteiger partial charge in [-0.25, -0.2) is 8.78 Å². The van der Waals surface area contributed by atoms with Gasteiger partial charge in [0, 0.05) is 5.56 Å². The molecule has 0 amide bonds. The largest absolute Gasteiger partial charge is 0.489 e. The van der Waals surface area contributed by atoms with Crippen molar-refractivity contribution in [3.05, 3.63) is 89.7 Å². The molecule has 0 atom stereocenters. The number of rotatable bonds is 4. The molecule has 0 saturated heterocycles. The van der Waals surface area contributed by atoms with Crippen LogP contribution in [-0.4, -0.2) is 0 Å². The van der Waals surface area contributed by atoms with Crippen molar-refractivity contribution < 1.29 is 17.9 Å². The van der Waals surface area contributed by atoms with E-state index in [2.05, 4.69) is 6.07 Å². The van der Waals surface area contributed by atoms with Gasteiger partial charge in [0.25, 0.3) is 0 Å². The van der Waals surface area contributed by atoms with Crippen LogP contribution in [0.25, 0.3) is 22.1 Å². The smallest absolute Gasteiger partial charge is 0.169 e. The van der Waals surface area contributed by atoms with Gasteiger partial charge in [-0.15, -0.1) is 0 Å². The molecule has 4 aromatic rings. The molecule has 130 valence electrons. The van der Waals surface area contributed by atoms with Crippen molar-refractivity contribution in [1.82, 2.24) is 0 Å². The molecule has 26 heavy (non-hydrogen) atoms. The van der Waals surface area contributed by atoms with Crippen LogP contribution in [0.1, 0.15) is 11.1 Å². The minimum Gasteiger partial charge on any atom is -0.489 e. The number of aryl methyl sites for hydroxylation is 1. The molecular formula is C22H16F2O2. The Morgan fingerprint density at radius 2 is 1.77 bits per heavy atom. The second kappa shape index (κ2) is 6.64. The van der Waals surface area contributed by atoms with Crippen LogP contribution in [0, 0.1) is 18.6 Å². The standard InChI is InChI=1S/C22H16F2O2/c1-14-3-2-4-15(11-14)13-26-17-7-5-16(6-8-17)19-12-20(23)21(24)18-9-10-25-22(18)19/h2-12H,13H2,1H3. The summed E-state index contributed by atoms with van der Waals surface area (Å²) in [6.45, 7) is 2.50. The number of furan rings is 1. The summed E-state index contributed by atoms with van der Waals surface area (Å²) in [5, 5.41) is 0.139. The molecular weight excluding hydrogens is 334 g/mol. The normalized spacial score (nSPS) is 11.0. The Morgan fingerprint density at radius 1 is 0.962 bits per heavy atom. The first kappa shape index (κ1) is 16.3. The zero-order chi connectivity index (χ0) is 18.1. The molecule has 0 aliphatic rings. The molecule has 4 rings (SSSR count). The molecule has 2 nitrogen and oxygen atoms in total. The van der Waals surface area contributed by atoms with Crippen molar-refractivity contribution >= 4 is 11.0 Å². The van der Waals surface area contributed by atoms with E-state index in [0.717, 1.165) is 17.2 Å². The lowest BCUT2D eigenvalue weighted by Crippen LogP contribution is -1.95. The van der Waals surface area contributed by atoms with E-state index in [1.807, 2.05) is 25.1 Å². The van der Waals surface area contributed by atoms with Crippen LogP contribution < -0.4 is 4.74 Å². The fraction of sp³-hybridized carbons (Fsp3) is 0.0909. The van der Waals surface area contributed by atoms with Crippen LogP contribution in [0.2, 0.25) is 0 Å². The molecule has 0 unspecified atom stereocenters. The summed E-state index contributed by atoms with van der Waals surface area (Å²) in [6, 6.07) is 17.9. The third kappa shape index (κ3) is 3.06. The molecule has 0 fully saturated rings. The van der Waals surface area contributed by atoms with Crippen LogP contribution in [-0.2, 0) is 6.61 Å². The van der Waals surface area contributed by atoms with Gasteiger partial charge in [-0.05, 0) is 42.3 Å². The van der Waals surface area contributed by atoms with Gasteiger partial charge in [0.1, 0.15) is 17.9 Å². The van der Waals surface area contributed by atoms with Crippen molar-refractivity contribution in [3.8, 4) is 16.9 Å². The van der Waals surface area contributed by atoms with Crippen molar-refractivity contribution in [2.75, 3.05) is 0 Å². The Hall–Kier alpha value is -3.14. The lowest BCUT2D eigenvalue weighted by Gasteiger charge is -2.09. The van der Waals surface area contributed by atoms with Gasteiger partial charge in [0.05, 0.1) is 11.6 Å². The zero-order valence-corrected chi connectivity index (χ0v) is 14.1. The first-order valence-corrected chi connectivity index (χ1v) is 8.26. The number of hydrogen-bond acceptors (Lipinski definition) is 2. The van der Waals surface area contributed by atoms with E-state index in [9.17, 15) is 8.78 Å². The summed E-state index contributed by atoms with van der Waals surface area (Å²) in [5.74, 6) is -1.09. The van der Waals surface area contributed by atoms with Gasteiger partial charge in [-0.1, -0.05) is 42.0 Å². The van der Waals surface area contributed by atoms with E-state index >= 15 is 0 Å². The Kier molecular flexibility index (Phi) is 4.17. The summed E-state index contributed by atoms with van der Waals surface area (Å²) >= 11 is 0. The number of ether oxygens (including phenoxy) is 1.